The smallest absolute Gasteiger partial charge is 0.322 e. The third-order valence-electron chi connectivity index (χ3n) is 6.85. The Hall–Kier alpha value is -5.12. The minimum absolute atomic E-state index is 0.0726. The van der Waals surface area contributed by atoms with Crippen LogP contribution in [-0.2, 0) is 24.4 Å². The highest BCUT2D eigenvalue weighted by atomic mass is 16.6. The van der Waals surface area contributed by atoms with Gasteiger partial charge in [-0.25, -0.2) is 4.79 Å². The molecule has 10 nitrogen and oxygen atoms in total. The molecule has 42 heavy (non-hydrogen) atoms. The first-order chi connectivity index (χ1) is 20.2. The zero-order valence-corrected chi connectivity index (χ0v) is 24.0. The minimum Gasteiger partial charge on any atom is -0.497 e. The van der Waals surface area contributed by atoms with Crippen molar-refractivity contribution < 1.29 is 19.2 Å². The molecule has 0 atom stereocenters. The predicted molar refractivity (Wildman–Crippen MR) is 161 cm³/mol. The summed E-state index contributed by atoms with van der Waals surface area (Å²) in [6.07, 6.45) is 1.98. The van der Waals surface area contributed by atoms with Gasteiger partial charge in [-0.2, -0.15) is 0 Å². The minimum atomic E-state index is -0.501. The first-order valence-electron chi connectivity index (χ1n) is 13.6. The first kappa shape index (κ1) is 29.9. The van der Waals surface area contributed by atoms with E-state index in [9.17, 15) is 19.7 Å². The summed E-state index contributed by atoms with van der Waals surface area (Å²) in [6, 6.07) is 26.4. The maximum atomic E-state index is 13.8. The van der Waals surface area contributed by atoms with Gasteiger partial charge in [-0.15, -0.1) is 0 Å². The molecule has 0 saturated heterocycles. The van der Waals surface area contributed by atoms with E-state index in [1.165, 1.54) is 29.2 Å². The number of carbonyl (C=O) groups is 2. The van der Waals surface area contributed by atoms with Gasteiger partial charge in [-0.1, -0.05) is 42.5 Å². The van der Waals surface area contributed by atoms with Crippen molar-refractivity contribution in [2.45, 2.75) is 39.5 Å². The number of hydrogen-bond donors (Lipinski definition) is 1. The lowest BCUT2D eigenvalue weighted by atomic mass is 10.2. The number of hydrogen-bond acceptors (Lipinski definition) is 5. The monoisotopic (exact) mass is 569 g/mol. The number of urea groups is 1. The molecular formula is C32H35N5O5. The number of benzene rings is 3. The molecule has 10 heteroatoms. The van der Waals surface area contributed by atoms with Crippen molar-refractivity contribution in [3.8, 4) is 5.75 Å². The Morgan fingerprint density at radius 3 is 2.31 bits per heavy atom. The number of carbonyl (C=O) groups excluding carboxylic acids is 2. The molecule has 0 fully saturated rings. The molecule has 1 aromatic heterocycles. The van der Waals surface area contributed by atoms with E-state index in [0.717, 1.165) is 22.6 Å². The lowest BCUT2D eigenvalue weighted by molar-refractivity contribution is -0.384. The summed E-state index contributed by atoms with van der Waals surface area (Å²) in [5.74, 6) is 0.573. The van der Waals surface area contributed by atoms with Crippen LogP contribution in [0.3, 0.4) is 0 Å². The van der Waals surface area contributed by atoms with Crippen LogP contribution >= 0.6 is 0 Å². The first-order valence-corrected chi connectivity index (χ1v) is 13.6. The number of methoxy groups -OCH3 is 1. The fraction of sp³-hybridized carbons (Fsp3) is 0.250. The Morgan fingerprint density at radius 2 is 1.64 bits per heavy atom. The SMILES string of the molecule is COc1cccc(Cn2cccc2CN(Cc2ccccc2)C(=O)CN(C(=O)Nc2ccc([N+](=O)[O-])cc2)C(C)C)c1. The van der Waals surface area contributed by atoms with Gasteiger partial charge in [-0.3, -0.25) is 14.9 Å². The van der Waals surface area contributed by atoms with E-state index in [2.05, 4.69) is 9.88 Å². The predicted octanol–water partition coefficient (Wildman–Crippen LogP) is 5.92. The maximum Gasteiger partial charge on any atom is 0.322 e. The molecular weight excluding hydrogens is 534 g/mol. The van der Waals surface area contributed by atoms with Crippen molar-refractivity contribution in [3.05, 3.63) is 124 Å². The van der Waals surface area contributed by atoms with E-state index in [0.29, 0.717) is 25.3 Å². The van der Waals surface area contributed by atoms with Crippen molar-refractivity contribution >= 4 is 23.3 Å². The van der Waals surface area contributed by atoms with Gasteiger partial charge in [0.05, 0.1) is 18.6 Å². The van der Waals surface area contributed by atoms with Crippen molar-refractivity contribution in [2.75, 3.05) is 19.0 Å². The zero-order chi connectivity index (χ0) is 30.1. The van der Waals surface area contributed by atoms with Gasteiger partial charge in [0.1, 0.15) is 12.3 Å². The highest BCUT2D eigenvalue weighted by molar-refractivity contribution is 5.92. The van der Waals surface area contributed by atoms with Crippen LogP contribution in [0.4, 0.5) is 16.2 Å². The molecule has 4 rings (SSSR count). The topological polar surface area (TPSA) is 110 Å². The van der Waals surface area contributed by atoms with E-state index >= 15 is 0 Å². The van der Waals surface area contributed by atoms with Crippen LogP contribution in [0.5, 0.6) is 5.75 Å². The van der Waals surface area contributed by atoms with E-state index in [4.69, 9.17) is 4.74 Å². The quantitative estimate of drug-likeness (QED) is 0.168. The van der Waals surface area contributed by atoms with Crippen LogP contribution in [0.2, 0.25) is 0 Å². The van der Waals surface area contributed by atoms with Gasteiger partial charge in [0.15, 0.2) is 0 Å². The third-order valence-corrected chi connectivity index (χ3v) is 6.85. The Kier molecular flexibility index (Phi) is 9.94. The van der Waals surface area contributed by atoms with Crippen molar-refractivity contribution in [2.24, 2.45) is 0 Å². The van der Waals surface area contributed by atoms with Gasteiger partial charge in [0.25, 0.3) is 5.69 Å². The third kappa shape index (κ3) is 7.97. The van der Waals surface area contributed by atoms with Crippen molar-refractivity contribution in [3.63, 3.8) is 0 Å². The second-order valence-corrected chi connectivity index (χ2v) is 10.2. The lowest BCUT2D eigenvalue weighted by Crippen LogP contribution is -2.47. The van der Waals surface area contributed by atoms with Gasteiger partial charge in [0, 0.05) is 48.8 Å². The molecule has 0 radical (unpaired) electrons. The number of nitro benzene ring substituents is 1. The largest absolute Gasteiger partial charge is 0.497 e. The van der Waals surface area contributed by atoms with E-state index in [1.807, 2.05) is 86.8 Å². The summed E-state index contributed by atoms with van der Waals surface area (Å²) in [5.41, 5.74) is 3.33. The van der Waals surface area contributed by atoms with Gasteiger partial charge >= 0.3 is 6.03 Å². The molecule has 218 valence electrons. The molecule has 0 aliphatic carbocycles. The zero-order valence-electron chi connectivity index (χ0n) is 24.0. The highest BCUT2D eigenvalue weighted by Crippen LogP contribution is 2.19. The number of rotatable bonds is 12. The van der Waals surface area contributed by atoms with Crippen molar-refractivity contribution in [1.29, 1.82) is 0 Å². The average molecular weight is 570 g/mol. The fourth-order valence-electron chi connectivity index (χ4n) is 4.54. The number of aromatic nitrogens is 1. The number of non-ortho nitro benzene ring substituents is 1. The molecule has 0 saturated carbocycles. The summed E-state index contributed by atoms with van der Waals surface area (Å²) >= 11 is 0. The number of nitro groups is 1. The number of nitrogens with zero attached hydrogens (tertiary/aromatic N) is 4. The van der Waals surface area contributed by atoms with Crippen LogP contribution in [0.25, 0.3) is 0 Å². The second kappa shape index (κ2) is 14.0. The molecule has 0 aliphatic heterocycles. The van der Waals surface area contributed by atoms with E-state index < -0.39 is 11.0 Å². The van der Waals surface area contributed by atoms with Crippen LogP contribution in [0, 0.1) is 10.1 Å². The van der Waals surface area contributed by atoms with Crippen molar-refractivity contribution in [1.82, 2.24) is 14.4 Å². The lowest BCUT2D eigenvalue weighted by Gasteiger charge is -2.30. The standard InChI is InChI=1S/C32H35N5O5/c1-24(2)36(32(39)33-27-14-16-28(17-15-27)37(40)41)23-31(38)35(20-25-9-5-4-6-10-25)22-29-12-8-18-34(29)21-26-11-7-13-30(19-26)42-3/h4-19,24H,20-23H2,1-3H3,(H,33,39). The molecule has 0 aliphatic rings. The second-order valence-electron chi connectivity index (χ2n) is 10.2. The number of nitrogens with one attached hydrogen (secondary N) is 1. The molecule has 1 heterocycles. The molecule has 1 N–H and O–H groups in total. The summed E-state index contributed by atoms with van der Waals surface area (Å²) in [6.45, 7) is 4.87. The average Bonchev–Trinajstić information content (AvgIpc) is 3.42. The normalized spacial score (nSPS) is 10.8. The summed E-state index contributed by atoms with van der Waals surface area (Å²) in [7, 11) is 1.64. The molecule has 0 unspecified atom stereocenters. The van der Waals surface area contributed by atoms with E-state index in [-0.39, 0.29) is 24.2 Å². The maximum absolute atomic E-state index is 13.8. The molecule has 0 bridgehead atoms. The fourth-order valence-corrected chi connectivity index (χ4v) is 4.54. The Balaban J connectivity index is 1.52. The van der Waals surface area contributed by atoms with Gasteiger partial charge in [0.2, 0.25) is 5.91 Å². The van der Waals surface area contributed by atoms with Crippen LogP contribution in [-0.4, -0.2) is 50.9 Å². The number of ether oxygens (including phenoxy) is 1. The van der Waals surface area contributed by atoms with E-state index in [1.54, 1.807) is 12.0 Å². The number of amides is 3. The Morgan fingerprint density at radius 1 is 0.929 bits per heavy atom. The molecule has 3 aromatic carbocycles. The summed E-state index contributed by atoms with van der Waals surface area (Å²) in [5, 5.41) is 13.7. The van der Waals surface area contributed by atoms with Crippen LogP contribution in [0.15, 0.2) is 97.2 Å². The van der Waals surface area contributed by atoms with Crippen LogP contribution < -0.4 is 10.1 Å². The van der Waals surface area contributed by atoms with Gasteiger partial charge < -0.3 is 24.4 Å². The summed E-state index contributed by atoms with van der Waals surface area (Å²) < 4.78 is 7.47. The highest BCUT2D eigenvalue weighted by Gasteiger charge is 2.25. The molecule has 0 spiro atoms. The van der Waals surface area contributed by atoms with Gasteiger partial charge in [-0.05, 0) is 61.4 Å². The number of anilines is 1. The molecule has 4 aromatic rings. The van der Waals surface area contributed by atoms with Crippen LogP contribution in [0.1, 0.15) is 30.7 Å². The summed E-state index contributed by atoms with van der Waals surface area (Å²) in [4.78, 5) is 40.7. The Bertz CT molecular complexity index is 1500. The molecule has 3 amide bonds. The Labute approximate surface area is 245 Å².